The summed E-state index contributed by atoms with van der Waals surface area (Å²) in [7, 11) is 0. The molecule has 0 spiro atoms. The van der Waals surface area contributed by atoms with Crippen LogP contribution < -0.4 is 5.32 Å². The van der Waals surface area contributed by atoms with Crippen LogP contribution in [0.1, 0.15) is 30.5 Å². The number of hydrogen-bond donors (Lipinski definition) is 2. The average molecular weight is 346 g/mol. The van der Waals surface area contributed by atoms with Gasteiger partial charge in [-0.15, -0.1) is 5.10 Å². The van der Waals surface area contributed by atoms with Gasteiger partial charge in [0.25, 0.3) is 0 Å². The number of hydrogen-bond acceptors (Lipinski definition) is 4. The molecular formula is C17H19FN4O3. The zero-order valence-corrected chi connectivity index (χ0v) is 13.6. The highest BCUT2D eigenvalue weighted by molar-refractivity contribution is 5.83. The molecule has 2 N–H and O–H groups in total. The number of amides is 1. The van der Waals surface area contributed by atoms with Gasteiger partial charge in [0.15, 0.2) is 0 Å². The van der Waals surface area contributed by atoms with E-state index in [0.29, 0.717) is 12.1 Å². The van der Waals surface area contributed by atoms with Crippen LogP contribution in [0.3, 0.4) is 0 Å². The van der Waals surface area contributed by atoms with Crippen LogP contribution in [-0.2, 0) is 29.1 Å². The van der Waals surface area contributed by atoms with Crippen LogP contribution in [0.5, 0.6) is 0 Å². The fraction of sp³-hybridized carbons (Fsp3) is 0.412. The maximum Gasteiger partial charge on any atom is 0.325 e. The van der Waals surface area contributed by atoms with E-state index in [4.69, 9.17) is 5.11 Å². The van der Waals surface area contributed by atoms with Crippen molar-refractivity contribution in [3.05, 3.63) is 47.5 Å². The molecule has 1 aliphatic carbocycles. The highest BCUT2D eigenvalue weighted by Gasteiger charge is 2.43. The molecule has 1 heterocycles. The highest BCUT2D eigenvalue weighted by atomic mass is 19.1. The van der Waals surface area contributed by atoms with Gasteiger partial charge < -0.3 is 10.4 Å². The molecule has 0 atom stereocenters. The van der Waals surface area contributed by atoms with Gasteiger partial charge >= 0.3 is 5.97 Å². The van der Waals surface area contributed by atoms with Crippen molar-refractivity contribution < 1.29 is 19.1 Å². The molecule has 1 aliphatic rings. The fourth-order valence-electron chi connectivity index (χ4n) is 3.12. The normalized spacial score (nSPS) is 15.4. The van der Waals surface area contributed by atoms with Crippen molar-refractivity contribution in [3.8, 4) is 0 Å². The Labute approximate surface area is 143 Å². The smallest absolute Gasteiger partial charge is 0.325 e. The molecule has 1 saturated carbocycles. The van der Waals surface area contributed by atoms with Gasteiger partial charge in [-0.1, -0.05) is 23.8 Å². The van der Waals surface area contributed by atoms with E-state index in [9.17, 15) is 14.0 Å². The third-order valence-corrected chi connectivity index (χ3v) is 4.54. The summed E-state index contributed by atoms with van der Waals surface area (Å²) in [6.07, 6.45) is 4.50. The first-order valence-corrected chi connectivity index (χ1v) is 8.10. The van der Waals surface area contributed by atoms with Crippen molar-refractivity contribution in [1.29, 1.82) is 0 Å². The zero-order chi connectivity index (χ0) is 17.9. The Morgan fingerprint density at radius 2 is 2.16 bits per heavy atom. The number of aliphatic carboxylic acids is 1. The lowest BCUT2D eigenvalue weighted by Crippen LogP contribution is -2.47. The Morgan fingerprint density at radius 3 is 2.80 bits per heavy atom. The minimum atomic E-state index is -1.01. The van der Waals surface area contributed by atoms with E-state index in [1.807, 2.05) is 6.07 Å². The molecule has 25 heavy (non-hydrogen) atoms. The first-order valence-electron chi connectivity index (χ1n) is 8.10. The molecule has 3 rings (SSSR count). The van der Waals surface area contributed by atoms with Gasteiger partial charge in [-0.3, -0.25) is 9.59 Å². The maximum atomic E-state index is 13.4. The summed E-state index contributed by atoms with van der Waals surface area (Å²) >= 11 is 0. The van der Waals surface area contributed by atoms with Crippen LogP contribution in [0.2, 0.25) is 0 Å². The van der Waals surface area contributed by atoms with Crippen LogP contribution in [0.15, 0.2) is 30.5 Å². The Kier molecular flexibility index (Phi) is 4.78. The summed E-state index contributed by atoms with van der Waals surface area (Å²) < 4.78 is 14.6. The summed E-state index contributed by atoms with van der Waals surface area (Å²) in [6.45, 7) is -0.0895. The van der Waals surface area contributed by atoms with Crippen LogP contribution in [0.25, 0.3) is 0 Å². The first-order chi connectivity index (χ1) is 12.0. The molecule has 0 saturated heterocycles. The number of nitrogens with one attached hydrogen (secondary N) is 1. The van der Waals surface area contributed by atoms with E-state index < -0.39 is 11.4 Å². The molecule has 7 nitrogen and oxygen atoms in total. The van der Waals surface area contributed by atoms with Crippen LogP contribution >= 0.6 is 0 Å². The molecule has 0 aliphatic heterocycles. The summed E-state index contributed by atoms with van der Waals surface area (Å²) in [5.74, 6) is -1.40. The van der Waals surface area contributed by atoms with E-state index in [-0.39, 0.29) is 24.8 Å². The largest absolute Gasteiger partial charge is 0.480 e. The van der Waals surface area contributed by atoms with Crippen LogP contribution in [-0.4, -0.2) is 32.0 Å². The van der Waals surface area contributed by atoms with Gasteiger partial charge in [-0.2, -0.15) is 0 Å². The van der Waals surface area contributed by atoms with Crippen molar-refractivity contribution in [1.82, 2.24) is 20.3 Å². The van der Waals surface area contributed by atoms with Crippen molar-refractivity contribution in [3.63, 3.8) is 0 Å². The summed E-state index contributed by atoms with van der Waals surface area (Å²) in [6, 6.07) is 6.33. The molecule has 1 aromatic heterocycles. The van der Waals surface area contributed by atoms with E-state index in [1.165, 1.54) is 23.0 Å². The number of nitrogens with zero attached hydrogens (tertiary/aromatic N) is 3. The molecule has 1 aromatic carbocycles. The predicted molar refractivity (Wildman–Crippen MR) is 85.9 cm³/mol. The number of carboxylic acids is 1. The number of carbonyl (C=O) groups excluding carboxylic acids is 1. The number of aromatic nitrogens is 3. The van der Waals surface area contributed by atoms with Crippen LogP contribution in [0, 0.1) is 11.2 Å². The highest BCUT2D eigenvalue weighted by Crippen LogP contribution is 2.44. The Hall–Kier alpha value is -2.77. The second-order valence-corrected chi connectivity index (χ2v) is 6.42. The monoisotopic (exact) mass is 346 g/mol. The van der Waals surface area contributed by atoms with Gasteiger partial charge in [0, 0.05) is 0 Å². The summed E-state index contributed by atoms with van der Waals surface area (Å²) in [5, 5.41) is 19.1. The average Bonchev–Trinajstić information content (AvgIpc) is 2.95. The number of rotatable bonds is 7. The molecule has 0 bridgehead atoms. The lowest BCUT2D eigenvalue weighted by molar-refractivity contribution is -0.138. The van der Waals surface area contributed by atoms with E-state index in [2.05, 4.69) is 15.6 Å². The molecule has 0 radical (unpaired) electrons. The van der Waals surface area contributed by atoms with Crippen molar-refractivity contribution in [2.24, 2.45) is 5.41 Å². The number of benzene rings is 1. The molecule has 8 heteroatoms. The topological polar surface area (TPSA) is 97.1 Å². The number of halogens is 1. The molecule has 1 fully saturated rings. The minimum absolute atomic E-state index is 0.0872. The second kappa shape index (κ2) is 7.00. The van der Waals surface area contributed by atoms with E-state index in [1.54, 1.807) is 6.07 Å². The maximum absolute atomic E-state index is 13.4. The fourth-order valence-corrected chi connectivity index (χ4v) is 3.12. The minimum Gasteiger partial charge on any atom is -0.480 e. The van der Waals surface area contributed by atoms with Gasteiger partial charge in [0.05, 0.1) is 18.2 Å². The summed E-state index contributed by atoms with van der Waals surface area (Å²) in [4.78, 5) is 23.3. The second-order valence-electron chi connectivity index (χ2n) is 6.42. The van der Waals surface area contributed by atoms with Gasteiger partial charge in [0.1, 0.15) is 18.1 Å². The van der Waals surface area contributed by atoms with E-state index >= 15 is 0 Å². The third-order valence-electron chi connectivity index (χ3n) is 4.54. The van der Waals surface area contributed by atoms with Crippen LogP contribution in [0.4, 0.5) is 4.39 Å². The third kappa shape index (κ3) is 4.01. The van der Waals surface area contributed by atoms with Crippen molar-refractivity contribution >= 4 is 11.9 Å². The molecule has 0 unspecified atom stereocenters. The number of carboxylic acid groups (broad SMARTS) is 1. The first kappa shape index (κ1) is 17.1. The SMILES string of the molecule is O=C(O)Cn1cc(CNC(=O)C2(Cc3cccc(F)c3)CCC2)nn1. The summed E-state index contributed by atoms with van der Waals surface area (Å²) in [5.41, 5.74) is 0.794. The van der Waals surface area contributed by atoms with E-state index in [0.717, 1.165) is 24.8 Å². The van der Waals surface area contributed by atoms with Crippen molar-refractivity contribution in [2.75, 3.05) is 0 Å². The van der Waals surface area contributed by atoms with Gasteiger partial charge in [-0.05, 0) is 37.0 Å². The van der Waals surface area contributed by atoms with Crippen molar-refractivity contribution in [2.45, 2.75) is 38.8 Å². The lowest BCUT2D eigenvalue weighted by atomic mass is 9.64. The Bertz CT molecular complexity index is 786. The molecule has 2 aromatic rings. The quantitative estimate of drug-likeness (QED) is 0.792. The molecule has 1 amide bonds. The lowest BCUT2D eigenvalue weighted by Gasteiger charge is -2.40. The Balaban J connectivity index is 1.60. The Morgan fingerprint density at radius 1 is 1.36 bits per heavy atom. The van der Waals surface area contributed by atoms with Gasteiger partial charge in [0.2, 0.25) is 5.91 Å². The number of carbonyl (C=O) groups is 2. The zero-order valence-electron chi connectivity index (χ0n) is 13.6. The standard InChI is InChI=1S/C17H19FN4O3/c18-13-4-1-3-12(7-13)8-17(5-2-6-17)16(25)19-9-14-10-22(21-20-14)11-15(23)24/h1,3-4,7,10H,2,5-6,8-9,11H2,(H,19,25)(H,23,24). The molecular weight excluding hydrogens is 327 g/mol. The van der Waals surface area contributed by atoms with Gasteiger partial charge in [-0.25, -0.2) is 9.07 Å². The predicted octanol–water partition coefficient (Wildman–Crippen LogP) is 1.53. The molecule has 132 valence electrons.